The molecule has 0 atom stereocenters. The number of ether oxygens (including phenoxy) is 2. The third-order valence-corrected chi connectivity index (χ3v) is 4.29. The Morgan fingerprint density at radius 1 is 1.13 bits per heavy atom. The zero-order chi connectivity index (χ0) is 22.3. The molecule has 1 aromatic heterocycles. The molecule has 0 saturated heterocycles. The van der Waals surface area contributed by atoms with Gasteiger partial charge in [0.1, 0.15) is 17.8 Å². The number of aromatic nitrogens is 1. The van der Waals surface area contributed by atoms with Crippen molar-refractivity contribution in [3.63, 3.8) is 0 Å². The number of oxazole rings is 1. The first kappa shape index (κ1) is 23.3. The van der Waals surface area contributed by atoms with Gasteiger partial charge in [-0.1, -0.05) is 27.7 Å². The highest BCUT2D eigenvalue weighted by Crippen LogP contribution is 2.26. The molecule has 1 aromatic carbocycles. The zero-order valence-electron chi connectivity index (χ0n) is 18.5. The van der Waals surface area contributed by atoms with E-state index in [0.29, 0.717) is 42.0 Å². The van der Waals surface area contributed by atoms with Crippen LogP contribution < -0.4 is 14.8 Å². The van der Waals surface area contributed by atoms with E-state index >= 15 is 0 Å². The standard InChI is InChI=1S/C22H31N3O5/c1-14(2)10-23-21(26)18-13-30-20(24-18)12-25(11-15(3)4)22(27)17-8-7-16(28-5)9-19(17)29-6/h7-9,13-15H,10-12H2,1-6H3,(H,23,26). The van der Waals surface area contributed by atoms with E-state index in [1.54, 1.807) is 30.2 Å². The zero-order valence-corrected chi connectivity index (χ0v) is 18.5. The van der Waals surface area contributed by atoms with Gasteiger partial charge in [0.2, 0.25) is 5.89 Å². The van der Waals surface area contributed by atoms with Crippen LogP contribution in [0.4, 0.5) is 0 Å². The number of methoxy groups -OCH3 is 2. The Kier molecular flexibility index (Phi) is 8.26. The summed E-state index contributed by atoms with van der Waals surface area (Å²) in [5.41, 5.74) is 0.616. The number of benzene rings is 1. The molecule has 0 saturated carbocycles. The fraction of sp³-hybridized carbons (Fsp3) is 0.500. The summed E-state index contributed by atoms with van der Waals surface area (Å²) < 4.78 is 16.0. The van der Waals surface area contributed by atoms with Crippen molar-refractivity contribution in [2.75, 3.05) is 27.3 Å². The molecule has 0 fully saturated rings. The molecule has 0 aliphatic rings. The molecule has 2 aromatic rings. The molecule has 0 radical (unpaired) electrons. The predicted molar refractivity (Wildman–Crippen MR) is 113 cm³/mol. The third kappa shape index (κ3) is 6.23. The molecule has 8 heteroatoms. The Bertz CT molecular complexity index is 860. The van der Waals surface area contributed by atoms with E-state index < -0.39 is 0 Å². The molecule has 8 nitrogen and oxygen atoms in total. The molecule has 0 aliphatic heterocycles. The summed E-state index contributed by atoms with van der Waals surface area (Å²) in [4.78, 5) is 31.3. The maximum Gasteiger partial charge on any atom is 0.273 e. The molecule has 0 bridgehead atoms. The number of amides is 2. The van der Waals surface area contributed by atoms with Gasteiger partial charge in [-0.05, 0) is 24.0 Å². The Morgan fingerprint density at radius 2 is 1.87 bits per heavy atom. The molecule has 30 heavy (non-hydrogen) atoms. The molecule has 1 N–H and O–H groups in total. The van der Waals surface area contributed by atoms with Gasteiger partial charge in [0, 0.05) is 19.2 Å². The van der Waals surface area contributed by atoms with E-state index in [0.717, 1.165) is 0 Å². The summed E-state index contributed by atoms with van der Waals surface area (Å²) in [5.74, 6) is 1.37. The lowest BCUT2D eigenvalue weighted by Gasteiger charge is -2.24. The van der Waals surface area contributed by atoms with Gasteiger partial charge in [-0.25, -0.2) is 4.98 Å². The number of carbonyl (C=O) groups is 2. The monoisotopic (exact) mass is 417 g/mol. The van der Waals surface area contributed by atoms with Gasteiger partial charge < -0.3 is 24.1 Å². The van der Waals surface area contributed by atoms with E-state index in [1.165, 1.54) is 13.4 Å². The Hall–Kier alpha value is -3.03. The molecule has 0 unspecified atom stereocenters. The maximum atomic E-state index is 13.2. The van der Waals surface area contributed by atoms with Crippen molar-refractivity contribution in [2.45, 2.75) is 34.2 Å². The van der Waals surface area contributed by atoms with Crippen LogP contribution in [0.2, 0.25) is 0 Å². The maximum absolute atomic E-state index is 13.2. The highest BCUT2D eigenvalue weighted by molar-refractivity contribution is 5.97. The van der Waals surface area contributed by atoms with E-state index in [9.17, 15) is 9.59 Å². The lowest BCUT2D eigenvalue weighted by atomic mass is 10.1. The van der Waals surface area contributed by atoms with Crippen LogP contribution in [0.15, 0.2) is 28.9 Å². The number of rotatable bonds is 10. The highest BCUT2D eigenvalue weighted by atomic mass is 16.5. The summed E-state index contributed by atoms with van der Waals surface area (Å²) in [7, 11) is 3.06. The van der Waals surface area contributed by atoms with Crippen molar-refractivity contribution in [1.82, 2.24) is 15.2 Å². The van der Waals surface area contributed by atoms with E-state index in [4.69, 9.17) is 13.9 Å². The highest BCUT2D eigenvalue weighted by Gasteiger charge is 2.23. The van der Waals surface area contributed by atoms with Gasteiger partial charge >= 0.3 is 0 Å². The fourth-order valence-corrected chi connectivity index (χ4v) is 2.84. The fourth-order valence-electron chi connectivity index (χ4n) is 2.84. The van der Waals surface area contributed by atoms with E-state index in [2.05, 4.69) is 10.3 Å². The molecular formula is C22H31N3O5. The molecular weight excluding hydrogens is 386 g/mol. The lowest BCUT2D eigenvalue weighted by Crippen LogP contribution is -2.34. The minimum Gasteiger partial charge on any atom is -0.497 e. The van der Waals surface area contributed by atoms with Crippen LogP contribution in [-0.4, -0.2) is 49.0 Å². The minimum absolute atomic E-state index is 0.143. The van der Waals surface area contributed by atoms with Gasteiger partial charge in [-0.3, -0.25) is 9.59 Å². The number of nitrogens with one attached hydrogen (secondary N) is 1. The van der Waals surface area contributed by atoms with Crippen molar-refractivity contribution in [3.8, 4) is 11.5 Å². The van der Waals surface area contributed by atoms with Crippen molar-refractivity contribution in [3.05, 3.63) is 41.6 Å². The first-order valence-electron chi connectivity index (χ1n) is 9.99. The van der Waals surface area contributed by atoms with Gasteiger partial charge in [0.25, 0.3) is 11.8 Å². The van der Waals surface area contributed by atoms with Crippen molar-refractivity contribution < 1.29 is 23.5 Å². The van der Waals surface area contributed by atoms with Crippen molar-refractivity contribution in [1.29, 1.82) is 0 Å². The van der Waals surface area contributed by atoms with Crippen LogP contribution in [0.3, 0.4) is 0 Å². The summed E-state index contributed by atoms with van der Waals surface area (Å²) in [6, 6.07) is 5.06. The summed E-state index contributed by atoms with van der Waals surface area (Å²) in [6.07, 6.45) is 1.32. The van der Waals surface area contributed by atoms with Crippen LogP contribution in [-0.2, 0) is 6.54 Å². The third-order valence-electron chi connectivity index (χ3n) is 4.29. The summed E-state index contributed by atoms with van der Waals surface area (Å²) in [5, 5.41) is 2.80. The summed E-state index contributed by atoms with van der Waals surface area (Å²) in [6.45, 7) is 9.25. The number of hydrogen-bond acceptors (Lipinski definition) is 6. The van der Waals surface area contributed by atoms with Gasteiger partial charge in [-0.2, -0.15) is 0 Å². The summed E-state index contributed by atoms with van der Waals surface area (Å²) >= 11 is 0. The molecule has 164 valence electrons. The lowest BCUT2D eigenvalue weighted by molar-refractivity contribution is 0.0703. The van der Waals surface area contributed by atoms with Crippen LogP contribution in [0, 0.1) is 11.8 Å². The second-order valence-corrected chi connectivity index (χ2v) is 7.88. The minimum atomic E-state index is -0.294. The topological polar surface area (TPSA) is 93.9 Å². The van der Waals surface area contributed by atoms with Gasteiger partial charge in [-0.15, -0.1) is 0 Å². The first-order chi connectivity index (χ1) is 14.2. The quantitative estimate of drug-likeness (QED) is 0.637. The van der Waals surface area contributed by atoms with Crippen LogP contribution in [0.1, 0.15) is 54.4 Å². The van der Waals surface area contributed by atoms with Crippen molar-refractivity contribution >= 4 is 11.8 Å². The average Bonchev–Trinajstić information content (AvgIpc) is 3.18. The number of nitrogens with zero attached hydrogens (tertiary/aromatic N) is 2. The van der Waals surface area contributed by atoms with Crippen LogP contribution >= 0.6 is 0 Å². The number of carbonyl (C=O) groups excluding carboxylic acids is 2. The largest absolute Gasteiger partial charge is 0.497 e. The molecule has 1 heterocycles. The van der Waals surface area contributed by atoms with Crippen LogP contribution in [0.25, 0.3) is 0 Å². The number of hydrogen-bond donors (Lipinski definition) is 1. The molecule has 0 aliphatic carbocycles. The van der Waals surface area contributed by atoms with Crippen LogP contribution in [0.5, 0.6) is 11.5 Å². The second kappa shape index (κ2) is 10.7. The smallest absolute Gasteiger partial charge is 0.273 e. The second-order valence-electron chi connectivity index (χ2n) is 7.88. The normalized spacial score (nSPS) is 10.9. The Balaban J connectivity index is 2.21. The van der Waals surface area contributed by atoms with Gasteiger partial charge in [0.15, 0.2) is 5.69 Å². The predicted octanol–water partition coefficient (Wildman–Crippen LogP) is 3.38. The molecule has 2 amide bonds. The van der Waals surface area contributed by atoms with E-state index in [-0.39, 0.29) is 30.0 Å². The average molecular weight is 418 g/mol. The van der Waals surface area contributed by atoms with Crippen molar-refractivity contribution in [2.24, 2.45) is 11.8 Å². The Morgan fingerprint density at radius 3 is 2.47 bits per heavy atom. The van der Waals surface area contributed by atoms with E-state index in [1.807, 2.05) is 27.7 Å². The Labute approximate surface area is 177 Å². The SMILES string of the molecule is COc1ccc(C(=O)N(Cc2nc(C(=O)NCC(C)C)co2)CC(C)C)c(OC)c1. The molecule has 0 spiro atoms. The first-order valence-corrected chi connectivity index (χ1v) is 9.99. The van der Waals surface area contributed by atoms with Gasteiger partial charge in [0.05, 0.1) is 26.3 Å². The molecule has 2 rings (SSSR count).